The zero-order valence-corrected chi connectivity index (χ0v) is 13.9. The first-order chi connectivity index (χ1) is 10.1. The Morgan fingerprint density at radius 1 is 1.27 bits per heavy atom. The molecule has 1 aliphatic rings. The average Bonchev–Trinajstić information content (AvgIpc) is 2.50. The van der Waals surface area contributed by atoms with Gasteiger partial charge in [0.15, 0.2) is 0 Å². The molecule has 5 nitrogen and oxygen atoms in total. The molecule has 6 heteroatoms. The number of aryl methyl sites for hydroxylation is 1. The third-order valence-corrected chi connectivity index (χ3v) is 3.80. The molecule has 2 rings (SSSR count). The van der Waals surface area contributed by atoms with Crippen LogP contribution in [0.2, 0.25) is 0 Å². The maximum absolute atomic E-state index is 12.3. The van der Waals surface area contributed by atoms with Crippen molar-refractivity contribution < 1.29 is 9.59 Å². The minimum absolute atomic E-state index is 0. The summed E-state index contributed by atoms with van der Waals surface area (Å²) in [5.74, 6) is -0.0127. The van der Waals surface area contributed by atoms with Gasteiger partial charge >= 0.3 is 0 Å². The van der Waals surface area contributed by atoms with E-state index in [1.165, 1.54) is 0 Å². The van der Waals surface area contributed by atoms with E-state index in [0.717, 1.165) is 37.2 Å². The molecule has 0 aliphatic carbocycles. The van der Waals surface area contributed by atoms with Crippen molar-refractivity contribution in [2.24, 2.45) is 5.92 Å². The van der Waals surface area contributed by atoms with Gasteiger partial charge < -0.3 is 16.0 Å². The monoisotopic (exact) mass is 325 g/mol. The fourth-order valence-corrected chi connectivity index (χ4v) is 2.48. The van der Waals surface area contributed by atoms with Gasteiger partial charge in [-0.05, 0) is 57.5 Å². The molecule has 1 aromatic rings. The lowest BCUT2D eigenvalue weighted by molar-refractivity contribution is -0.120. The van der Waals surface area contributed by atoms with Crippen molar-refractivity contribution in [1.29, 1.82) is 0 Å². The first kappa shape index (κ1) is 18.5. The van der Waals surface area contributed by atoms with Crippen LogP contribution >= 0.6 is 12.4 Å². The number of piperidine rings is 1. The lowest BCUT2D eigenvalue weighted by Crippen LogP contribution is -2.34. The van der Waals surface area contributed by atoms with Crippen LogP contribution in [-0.4, -0.2) is 31.4 Å². The number of carbonyl (C=O) groups is 2. The maximum Gasteiger partial charge on any atom is 0.251 e. The van der Waals surface area contributed by atoms with Gasteiger partial charge in [-0.15, -0.1) is 12.4 Å². The Morgan fingerprint density at radius 2 is 1.95 bits per heavy atom. The summed E-state index contributed by atoms with van der Waals surface area (Å²) in [4.78, 5) is 24.2. The summed E-state index contributed by atoms with van der Waals surface area (Å²) in [7, 11) is 0. The molecular weight excluding hydrogens is 302 g/mol. The maximum atomic E-state index is 12.3. The second kappa shape index (κ2) is 8.76. The molecule has 0 saturated carbocycles. The van der Waals surface area contributed by atoms with E-state index >= 15 is 0 Å². The van der Waals surface area contributed by atoms with E-state index in [9.17, 15) is 9.59 Å². The van der Waals surface area contributed by atoms with Gasteiger partial charge in [-0.3, -0.25) is 9.59 Å². The number of benzene rings is 1. The van der Waals surface area contributed by atoms with E-state index in [-0.39, 0.29) is 30.1 Å². The van der Waals surface area contributed by atoms with Gasteiger partial charge in [0.1, 0.15) is 0 Å². The van der Waals surface area contributed by atoms with E-state index in [0.29, 0.717) is 12.1 Å². The molecule has 1 fully saturated rings. The summed E-state index contributed by atoms with van der Waals surface area (Å²) in [6.07, 6.45) is 1.72. The Morgan fingerprint density at radius 3 is 2.59 bits per heavy atom. The highest BCUT2D eigenvalue weighted by molar-refractivity contribution is 5.98. The summed E-state index contributed by atoms with van der Waals surface area (Å²) in [6.45, 7) is 6.17. The summed E-state index contributed by atoms with van der Waals surface area (Å²) >= 11 is 0. The molecular formula is C16H24ClN3O2. The van der Waals surface area contributed by atoms with Gasteiger partial charge in [-0.25, -0.2) is 0 Å². The van der Waals surface area contributed by atoms with E-state index in [1.807, 2.05) is 19.9 Å². The SMILES string of the molecule is CCNC(=O)c1ccc(C)c(NC(=O)C2CCNCC2)c1.Cl. The Bertz CT molecular complexity index is 528. The van der Waals surface area contributed by atoms with Gasteiger partial charge in [0.2, 0.25) is 5.91 Å². The third kappa shape index (κ3) is 4.71. The van der Waals surface area contributed by atoms with Crippen LogP contribution in [0.5, 0.6) is 0 Å². The Kier molecular flexibility index (Phi) is 7.35. The van der Waals surface area contributed by atoms with E-state index in [4.69, 9.17) is 0 Å². The summed E-state index contributed by atoms with van der Waals surface area (Å²) in [6, 6.07) is 5.39. The number of rotatable bonds is 4. The third-order valence-electron chi connectivity index (χ3n) is 3.80. The van der Waals surface area contributed by atoms with Crippen molar-refractivity contribution in [3.05, 3.63) is 29.3 Å². The van der Waals surface area contributed by atoms with Crippen LogP contribution in [0.1, 0.15) is 35.7 Å². The van der Waals surface area contributed by atoms with Crippen molar-refractivity contribution in [2.75, 3.05) is 25.0 Å². The molecule has 1 aromatic carbocycles. The van der Waals surface area contributed by atoms with Gasteiger partial charge in [0, 0.05) is 23.7 Å². The van der Waals surface area contributed by atoms with Crippen molar-refractivity contribution in [3.63, 3.8) is 0 Å². The summed E-state index contributed by atoms with van der Waals surface area (Å²) in [5, 5.41) is 8.99. The molecule has 0 spiro atoms. The normalized spacial score (nSPS) is 14.8. The van der Waals surface area contributed by atoms with Gasteiger partial charge in [-0.1, -0.05) is 6.07 Å². The molecule has 0 unspecified atom stereocenters. The van der Waals surface area contributed by atoms with E-state index in [2.05, 4.69) is 16.0 Å². The quantitative estimate of drug-likeness (QED) is 0.794. The molecule has 122 valence electrons. The molecule has 2 amide bonds. The molecule has 0 atom stereocenters. The summed E-state index contributed by atoms with van der Waals surface area (Å²) < 4.78 is 0. The highest BCUT2D eigenvalue weighted by Gasteiger charge is 2.21. The number of nitrogens with one attached hydrogen (secondary N) is 3. The van der Waals surface area contributed by atoms with Crippen LogP contribution in [0.3, 0.4) is 0 Å². The number of anilines is 1. The van der Waals surface area contributed by atoms with Crippen LogP contribution in [0.25, 0.3) is 0 Å². The molecule has 1 heterocycles. The Labute approximate surface area is 137 Å². The van der Waals surface area contributed by atoms with Crippen LogP contribution < -0.4 is 16.0 Å². The highest BCUT2D eigenvalue weighted by atomic mass is 35.5. The van der Waals surface area contributed by atoms with Crippen molar-refractivity contribution in [2.45, 2.75) is 26.7 Å². The predicted octanol–water partition coefficient (Wildman–Crippen LogP) is 2.10. The lowest BCUT2D eigenvalue weighted by atomic mass is 9.97. The molecule has 1 saturated heterocycles. The van der Waals surface area contributed by atoms with Crippen LogP contribution in [0.15, 0.2) is 18.2 Å². The number of halogens is 1. The predicted molar refractivity (Wildman–Crippen MR) is 90.7 cm³/mol. The topological polar surface area (TPSA) is 70.2 Å². The minimum Gasteiger partial charge on any atom is -0.352 e. The molecule has 3 N–H and O–H groups in total. The van der Waals surface area contributed by atoms with Crippen LogP contribution in [0.4, 0.5) is 5.69 Å². The smallest absolute Gasteiger partial charge is 0.251 e. The molecule has 22 heavy (non-hydrogen) atoms. The van der Waals surface area contributed by atoms with Crippen molar-refractivity contribution in [3.8, 4) is 0 Å². The first-order valence-electron chi connectivity index (χ1n) is 7.52. The fourth-order valence-electron chi connectivity index (χ4n) is 2.48. The number of hydrogen-bond acceptors (Lipinski definition) is 3. The lowest BCUT2D eigenvalue weighted by Gasteiger charge is -2.22. The fraction of sp³-hybridized carbons (Fsp3) is 0.500. The van der Waals surface area contributed by atoms with E-state index < -0.39 is 0 Å². The Balaban J connectivity index is 0.00000242. The molecule has 1 aliphatic heterocycles. The zero-order valence-electron chi connectivity index (χ0n) is 13.1. The number of hydrogen-bond donors (Lipinski definition) is 3. The van der Waals surface area contributed by atoms with Crippen LogP contribution in [-0.2, 0) is 4.79 Å². The summed E-state index contributed by atoms with van der Waals surface area (Å²) in [5.41, 5.74) is 2.26. The highest BCUT2D eigenvalue weighted by Crippen LogP contribution is 2.20. The Hall–Kier alpha value is -1.59. The van der Waals surface area contributed by atoms with Gasteiger partial charge in [0.25, 0.3) is 5.91 Å². The largest absolute Gasteiger partial charge is 0.352 e. The van der Waals surface area contributed by atoms with Crippen LogP contribution in [0, 0.1) is 12.8 Å². The second-order valence-corrected chi connectivity index (χ2v) is 5.40. The standard InChI is InChI=1S/C16H23N3O2.ClH/c1-3-18-15(20)13-5-4-11(2)14(10-13)19-16(21)12-6-8-17-9-7-12;/h4-5,10,12,17H,3,6-9H2,1-2H3,(H,18,20)(H,19,21);1H. The van der Waals surface area contributed by atoms with E-state index in [1.54, 1.807) is 12.1 Å². The van der Waals surface area contributed by atoms with Gasteiger partial charge in [0.05, 0.1) is 0 Å². The van der Waals surface area contributed by atoms with Gasteiger partial charge in [-0.2, -0.15) is 0 Å². The molecule has 0 aromatic heterocycles. The zero-order chi connectivity index (χ0) is 15.2. The van der Waals surface area contributed by atoms with Crippen molar-refractivity contribution >= 4 is 29.9 Å². The first-order valence-corrected chi connectivity index (χ1v) is 7.52. The second-order valence-electron chi connectivity index (χ2n) is 5.40. The number of carbonyl (C=O) groups excluding carboxylic acids is 2. The molecule has 0 bridgehead atoms. The minimum atomic E-state index is -0.116. The average molecular weight is 326 g/mol. The number of amides is 2. The molecule has 0 radical (unpaired) electrons. The van der Waals surface area contributed by atoms with Crippen molar-refractivity contribution in [1.82, 2.24) is 10.6 Å².